The van der Waals surface area contributed by atoms with Crippen LogP contribution in [0, 0.1) is 6.92 Å². The molecule has 1 heterocycles. The van der Waals surface area contributed by atoms with Gasteiger partial charge in [0, 0.05) is 23.8 Å². The summed E-state index contributed by atoms with van der Waals surface area (Å²) < 4.78 is 16.3. The van der Waals surface area contributed by atoms with Gasteiger partial charge in [0.2, 0.25) is 5.78 Å². The van der Waals surface area contributed by atoms with Crippen LogP contribution < -0.4 is 25.4 Å². The van der Waals surface area contributed by atoms with Gasteiger partial charge in [-0.1, -0.05) is 18.5 Å². The number of nitrogens with one attached hydrogen (secondary N) is 1. The predicted octanol–water partition coefficient (Wildman–Crippen LogP) is 5.70. The van der Waals surface area contributed by atoms with Crippen LogP contribution in [0.25, 0.3) is 0 Å². The summed E-state index contributed by atoms with van der Waals surface area (Å²) in [6.07, 6.45) is 3.43. The summed E-state index contributed by atoms with van der Waals surface area (Å²) >= 11 is 6.46. The SMILES string of the molecule is CCC1=C(Cl)C(=O)C(NC(=O)c2ccco2)=CC1=Nc1ccc(N(CCOc2ccc(OC)cc2)C(C)CN)cc1C. The van der Waals surface area contributed by atoms with Crippen LogP contribution in [0.4, 0.5) is 11.4 Å². The number of furan rings is 1. The van der Waals surface area contributed by atoms with Gasteiger partial charge < -0.3 is 29.8 Å². The summed E-state index contributed by atoms with van der Waals surface area (Å²) in [5.41, 5.74) is 9.81. The second-order valence-corrected chi connectivity index (χ2v) is 10.1. The molecule has 0 aliphatic heterocycles. The van der Waals surface area contributed by atoms with E-state index in [1.807, 2.05) is 56.3 Å². The number of hydrogen-bond acceptors (Lipinski definition) is 8. The van der Waals surface area contributed by atoms with Crippen molar-refractivity contribution in [2.45, 2.75) is 33.2 Å². The van der Waals surface area contributed by atoms with Crippen molar-refractivity contribution < 1.29 is 23.5 Å². The molecule has 0 saturated heterocycles. The summed E-state index contributed by atoms with van der Waals surface area (Å²) in [6, 6.07) is 16.6. The van der Waals surface area contributed by atoms with Crippen LogP contribution in [0.2, 0.25) is 0 Å². The molecule has 1 amide bonds. The van der Waals surface area contributed by atoms with Crippen molar-refractivity contribution in [1.29, 1.82) is 0 Å². The van der Waals surface area contributed by atoms with Gasteiger partial charge in [0.1, 0.15) is 18.1 Å². The highest BCUT2D eigenvalue weighted by atomic mass is 35.5. The lowest BCUT2D eigenvalue weighted by molar-refractivity contribution is -0.112. The first-order chi connectivity index (χ1) is 20.2. The standard InChI is InChI=1S/C32H35ClN4O5/c1-5-25-27(18-28(31(38)30(25)33)36-32(39)29-7-6-15-42-29)35-26-13-8-22(17-20(26)2)37(21(3)19-34)14-16-41-24-11-9-23(40-4)10-12-24/h6-13,15,17-18,21H,5,14,16,19,34H2,1-4H3,(H,36,39). The fourth-order valence-corrected chi connectivity index (χ4v) is 4.85. The van der Waals surface area contributed by atoms with E-state index in [0.29, 0.717) is 43.1 Å². The molecule has 4 rings (SSSR count). The number of ketones is 1. The Bertz CT molecular complexity index is 1510. The first kappa shape index (κ1) is 30.6. The zero-order valence-corrected chi connectivity index (χ0v) is 24.9. The maximum atomic E-state index is 12.9. The lowest BCUT2D eigenvalue weighted by Gasteiger charge is -2.31. The normalized spacial score (nSPS) is 15.0. The third kappa shape index (κ3) is 7.10. The van der Waals surface area contributed by atoms with Crippen LogP contribution in [-0.2, 0) is 4.79 Å². The Morgan fingerprint density at radius 1 is 1.17 bits per heavy atom. The summed E-state index contributed by atoms with van der Waals surface area (Å²) in [6.45, 7) is 7.50. The van der Waals surface area contributed by atoms with E-state index in [9.17, 15) is 9.59 Å². The van der Waals surface area contributed by atoms with E-state index in [1.165, 1.54) is 12.3 Å². The Balaban J connectivity index is 1.56. The zero-order valence-electron chi connectivity index (χ0n) is 24.1. The molecule has 1 aliphatic rings. The van der Waals surface area contributed by atoms with Gasteiger partial charge in [-0.3, -0.25) is 9.59 Å². The maximum absolute atomic E-state index is 12.9. The number of nitrogens with two attached hydrogens (primary N) is 1. The van der Waals surface area contributed by atoms with Crippen molar-refractivity contribution >= 4 is 40.4 Å². The van der Waals surface area contributed by atoms with E-state index in [4.69, 9.17) is 36.2 Å². The Hall–Kier alpha value is -4.34. The van der Waals surface area contributed by atoms with Crippen molar-refractivity contribution in [1.82, 2.24) is 5.32 Å². The molecule has 10 heteroatoms. The van der Waals surface area contributed by atoms with Crippen molar-refractivity contribution in [2.75, 3.05) is 31.7 Å². The van der Waals surface area contributed by atoms with E-state index >= 15 is 0 Å². The molecule has 3 aromatic rings. The number of hydrogen-bond donors (Lipinski definition) is 2. The molecule has 1 aromatic heterocycles. The lowest BCUT2D eigenvalue weighted by Crippen LogP contribution is -2.41. The third-order valence-electron chi connectivity index (χ3n) is 6.93. The predicted molar refractivity (Wildman–Crippen MR) is 165 cm³/mol. The minimum Gasteiger partial charge on any atom is -0.497 e. The lowest BCUT2D eigenvalue weighted by atomic mass is 9.97. The summed E-state index contributed by atoms with van der Waals surface area (Å²) in [5.74, 6) is 0.599. The van der Waals surface area contributed by atoms with Crippen LogP contribution in [-0.4, -0.2) is 50.3 Å². The Morgan fingerprint density at radius 2 is 1.90 bits per heavy atom. The monoisotopic (exact) mass is 590 g/mol. The maximum Gasteiger partial charge on any atom is 0.291 e. The topological polar surface area (TPSA) is 119 Å². The highest BCUT2D eigenvalue weighted by Crippen LogP contribution is 2.30. The van der Waals surface area contributed by atoms with E-state index in [1.54, 1.807) is 19.3 Å². The van der Waals surface area contributed by atoms with Crippen LogP contribution in [0.3, 0.4) is 0 Å². The number of aryl methyl sites for hydroxylation is 1. The highest BCUT2D eigenvalue weighted by molar-refractivity contribution is 6.49. The average Bonchev–Trinajstić information content (AvgIpc) is 3.55. The number of nitrogens with zero attached hydrogens (tertiary/aromatic N) is 2. The molecule has 220 valence electrons. The number of methoxy groups -OCH3 is 1. The highest BCUT2D eigenvalue weighted by Gasteiger charge is 2.27. The summed E-state index contributed by atoms with van der Waals surface area (Å²) in [4.78, 5) is 32.5. The van der Waals surface area contributed by atoms with E-state index in [0.717, 1.165) is 22.7 Å². The minimum atomic E-state index is -0.547. The second-order valence-electron chi connectivity index (χ2n) is 9.73. The van der Waals surface area contributed by atoms with Crippen molar-refractivity contribution in [3.05, 3.63) is 94.6 Å². The number of carbonyl (C=O) groups is 2. The molecule has 0 bridgehead atoms. The fourth-order valence-electron chi connectivity index (χ4n) is 4.52. The number of halogens is 1. The molecule has 1 unspecified atom stereocenters. The van der Waals surface area contributed by atoms with Gasteiger partial charge in [0.05, 0.1) is 42.0 Å². The third-order valence-corrected chi connectivity index (χ3v) is 7.33. The van der Waals surface area contributed by atoms with E-state index in [2.05, 4.69) is 17.1 Å². The van der Waals surface area contributed by atoms with Crippen LogP contribution in [0.5, 0.6) is 11.5 Å². The zero-order chi connectivity index (χ0) is 30.2. The molecule has 1 atom stereocenters. The van der Waals surface area contributed by atoms with Crippen LogP contribution in [0.1, 0.15) is 36.4 Å². The van der Waals surface area contributed by atoms with Gasteiger partial charge in [-0.05, 0) is 86.5 Å². The molecule has 1 aliphatic carbocycles. The second kappa shape index (κ2) is 14.0. The molecular formula is C32H35ClN4O5. The Labute approximate surface area is 250 Å². The number of allylic oxidation sites excluding steroid dienone is 3. The first-order valence-corrected chi connectivity index (χ1v) is 14.1. The van der Waals surface area contributed by atoms with Crippen molar-refractivity contribution in [3.8, 4) is 11.5 Å². The average molecular weight is 591 g/mol. The smallest absolute Gasteiger partial charge is 0.291 e. The summed E-state index contributed by atoms with van der Waals surface area (Å²) in [5, 5.41) is 2.63. The van der Waals surface area contributed by atoms with Gasteiger partial charge in [-0.25, -0.2) is 4.99 Å². The van der Waals surface area contributed by atoms with Gasteiger partial charge >= 0.3 is 0 Å². The first-order valence-electron chi connectivity index (χ1n) is 13.7. The largest absolute Gasteiger partial charge is 0.497 e. The number of carbonyl (C=O) groups excluding carboxylic acids is 2. The molecule has 3 N–H and O–H groups in total. The molecule has 0 fully saturated rings. The number of amides is 1. The quantitative estimate of drug-likeness (QED) is 0.260. The van der Waals surface area contributed by atoms with Crippen molar-refractivity contribution in [2.24, 2.45) is 10.7 Å². The van der Waals surface area contributed by atoms with Gasteiger partial charge in [0.25, 0.3) is 5.91 Å². The molecule has 0 spiro atoms. The molecular weight excluding hydrogens is 556 g/mol. The number of anilines is 1. The number of benzene rings is 2. The Kier molecular flexibility index (Phi) is 10.2. The van der Waals surface area contributed by atoms with Gasteiger partial charge in [-0.15, -0.1) is 0 Å². The molecule has 2 aromatic carbocycles. The fraction of sp³-hybridized carbons (Fsp3) is 0.281. The molecule has 0 saturated carbocycles. The number of aliphatic imine (C=N–C) groups is 1. The molecule has 9 nitrogen and oxygen atoms in total. The van der Waals surface area contributed by atoms with Crippen LogP contribution >= 0.6 is 11.6 Å². The Morgan fingerprint density at radius 3 is 2.52 bits per heavy atom. The van der Waals surface area contributed by atoms with Gasteiger partial charge in [0.15, 0.2) is 5.76 Å². The number of rotatable bonds is 12. The minimum absolute atomic E-state index is 0.0302. The van der Waals surface area contributed by atoms with Gasteiger partial charge in [-0.2, -0.15) is 0 Å². The number of ether oxygens (including phenoxy) is 2. The molecule has 0 radical (unpaired) electrons. The van der Waals surface area contributed by atoms with Crippen molar-refractivity contribution in [3.63, 3.8) is 0 Å². The summed E-state index contributed by atoms with van der Waals surface area (Å²) in [7, 11) is 1.63. The molecule has 42 heavy (non-hydrogen) atoms. The number of Topliss-reactive ketones (excluding diaryl/α,β-unsaturated/α-hetero) is 1. The van der Waals surface area contributed by atoms with E-state index < -0.39 is 11.7 Å². The van der Waals surface area contributed by atoms with E-state index in [-0.39, 0.29) is 22.5 Å². The van der Waals surface area contributed by atoms with Crippen LogP contribution in [0.15, 0.2) is 92.6 Å².